The highest BCUT2D eigenvalue weighted by atomic mass is 79.9. The fourth-order valence-corrected chi connectivity index (χ4v) is 2.16. The molecule has 2 rings (SSSR count). The SMILES string of the molecule is NC(=O)c1cc(-c2cc(Cl)cc(Br)c2)n[nH]1. The third kappa shape index (κ3) is 2.25. The molecule has 0 saturated carbocycles. The van der Waals surface area contributed by atoms with Gasteiger partial charge >= 0.3 is 0 Å². The van der Waals surface area contributed by atoms with Crippen LogP contribution in [0.5, 0.6) is 0 Å². The summed E-state index contributed by atoms with van der Waals surface area (Å²) in [6.07, 6.45) is 0. The summed E-state index contributed by atoms with van der Waals surface area (Å²) >= 11 is 9.24. The Hall–Kier alpha value is -1.33. The molecule has 0 saturated heterocycles. The molecule has 0 radical (unpaired) electrons. The van der Waals surface area contributed by atoms with Crippen molar-refractivity contribution in [2.24, 2.45) is 5.73 Å². The van der Waals surface area contributed by atoms with Gasteiger partial charge in [-0.2, -0.15) is 5.10 Å². The average molecular weight is 301 g/mol. The van der Waals surface area contributed by atoms with E-state index in [0.717, 1.165) is 10.0 Å². The molecule has 0 aliphatic carbocycles. The van der Waals surface area contributed by atoms with Crippen LogP contribution in [-0.2, 0) is 0 Å². The standard InChI is InChI=1S/C10H7BrClN3O/c11-6-1-5(2-7(12)3-6)8-4-9(10(13)16)15-14-8/h1-4H,(H2,13,16)(H,14,15). The smallest absolute Gasteiger partial charge is 0.266 e. The summed E-state index contributed by atoms with van der Waals surface area (Å²) < 4.78 is 0.846. The van der Waals surface area contributed by atoms with E-state index in [4.69, 9.17) is 17.3 Å². The van der Waals surface area contributed by atoms with E-state index in [-0.39, 0.29) is 5.69 Å². The number of nitrogens with one attached hydrogen (secondary N) is 1. The molecule has 0 bridgehead atoms. The minimum absolute atomic E-state index is 0.270. The minimum atomic E-state index is -0.542. The normalized spacial score (nSPS) is 10.4. The van der Waals surface area contributed by atoms with Gasteiger partial charge in [-0.1, -0.05) is 27.5 Å². The summed E-state index contributed by atoms with van der Waals surface area (Å²) in [5.74, 6) is -0.542. The number of hydrogen-bond donors (Lipinski definition) is 2. The quantitative estimate of drug-likeness (QED) is 0.895. The van der Waals surface area contributed by atoms with Crippen LogP contribution in [0.2, 0.25) is 5.02 Å². The van der Waals surface area contributed by atoms with Crippen LogP contribution in [0, 0.1) is 0 Å². The van der Waals surface area contributed by atoms with Crippen LogP contribution >= 0.6 is 27.5 Å². The van der Waals surface area contributed by atoms with Crippen LogP contribution < -0.4 is 5.73 Å². The summed E-state index contributed by atoms with van der Waals surface area (Å²) in [5.41, 5.74) is 6.82. The Morgan fingerprint density at radius 3 is 2.69 bits per heavy atom. The molecular formula is C10H7BrClN3O. The van der Waals surface area contributed by atoms with Gasteiger partial charge in [0.2, 0.25) is 0 Å². The zero-order valence-electron chi connectivity index (χ0n) is 8.00. The molecule has 1 aromatic carbocycles. The molecule has 4 nitrogen and oxygen atoms in total. The number of H-pyrrole nitrogens is 1. The minimum Gasteiger partial charge on any atom is -0.364 e. The lowest BCUT2D eigenvalue weighted by Crippen LogP contribution is -2.10. The summed E-state index contributed by atoms with van der Waals surface area (Å²) in [6.45, 7) is 0. The van der Waals surface area contributed by atoms with Crippen LogP contribution in [0.15, 0.2) is 28.7 Å². The number of nitrogens with two attached hydrogens (primary N) is 1. The first-order chi connectivity index (χ1) is 7.56. The number of nitrogens with zero attached hydrogens (tertiary/aromatic N) is 1. The van der Waals surface area contributed by atoms with Crippen LogP contribution in [0.1, 0.15) is 10.5 Å². The number of benzene rings is 1. The molecule has 0 aliphatic rings. The molecule has 6 heteroatoms. The maximum Gasteiger partial charge on any atom is 0.266 e. The summed E-state index contributed by atoms with van der Waals surface area (Å²) in [6, 6.07) is 6.97. The van der Waals surface area contributed by atoms with Gasteiger partial charge in [0.05, 0.1) is 5.69 Å². The van der Waals surface area contributed by atoms with Crippen molar-refractivity contribution in [3.63, 3.8) is 0 Å². The van der Waals surface area contributed by atoms with E-state index in [1.807, 2.05) is 6.07 Å². The molecule has 82 valence electrons. The highest BCUT2D eigenvalue weighted by Gasteiger charge is 2.08. The second-order valence-corrected chi connectivity index (χ2v) is 4.54. The van der Waals surface area contributed by atoms with Crippen molar-refractivity contribution < 1.29 is 4.79 Å². The molecule has 1 amide bonds. The molecule has 0 aliphatic heterocycles. The van der Waals surface area contributed by atoms with Crippen molar-refractivity contribution in [2.45, 2.75) is 0 Å². The fraction of sp³-hybridized carbons (Fsp3) is 0. The van der Waals surface area contributed by atoms with Crippen LogP contribution in [0.25, 0.3) is 11.3 Å². The van der Waals surface area contributed by atoms with E-state index in [1.165, 1.54) is 0 Å². The number of aromatic amines is 1. The highest BCUT2D eigenvalue weighted by molar-refractivity contribution is 9.10. The van der Waals surface area contributed by atoms with Crippen molar-refractivity contribution >= 4 is 33.4 Å². The van der Waals surface area contributed by atoms with E-state index in [2.05, 4.69) is 26.1 Å². The Morgan fingerprint density at radius 2 is 2.12 bits per heavy atom. The van der Waals surface area contributed by atoms with Crippen molar-refractivity contribution in [3.05, 3.63) is 39.5 Å². The number of hydrogen-bond acceptors (Lipinski definition) is 2. The van der Waals surface area contributed by atoms with Gasteiger partial charge < -0.3 is 5.73 Å². The van der Waals surface area contributed by atoms with Gasteiger partial charge in [-0.3, -0.25) is 9.89 Å². The van der Waals surface area contributed by atoms with Gasteiger partial charge in [0.15, 0.2) is 0 Å². The lowest BCUT2D eigenvalue weighted by Gasteiger charge is -1.98. The van der Waals surface area contributed by atoms with Gasteiger partial charge in [-0.15, -0.1) is 0 Å². The topological polar surface area (TPSA) is 71.8 Å². The van der Waals surface area contributed by atoms with Crippen LogP contribution in [-0.4, -0.2) is 16.1 Å². The van der Waals surface area contributed by atoms with Gasteiger partial charge in [-0.25, -0.2) is 0 Å². The van der Waals surface area contributed by atoms with Crippen LogP contribution in [0.4, 0.5) is 0 Å². The Morgan fingerprint density at radius 1 is 1.38 bits per heavy atom. The third-order valence-corrected chi connectivity index (χ3v) is 2.68. The van der Waals surface area contributed by atoms with Gasteiger partial charge in [0, 0.05) is 15.1 Å². The molecule has 16 heavy (non-hydrogen) atoms. The Bertz CT molecular complexity index is 532. The van der Waals surface area contributed by atoms with Gasteiger partial charge in [0.1, 0.15) is 5.69 Å². The predicted molar refractivity (Wildman–Crippen MR) is 65.3 cm³/mol. The number of rotatable bonds is 2. The largest absolute Gasteiger partial charge is 0.364 e. The lowest BCUT2D eigenvalue weighted by molar-refractivity contribution is 0.0995. The predicted octanol–water partition coefficient (Wildman–Crippen LogP) is 2.59. The average Bonchev–Trinajstić information content (AvgIpc) is 2.64. The lowest BCUT2D eigenvalue weighted by atomic mass is 10.1. The Labute approximate surface area is 105 Å². The van der Waals surface area contributed by atoms with Gasteiger partial charge in [-0.05, 0) is 24.3 Å². The van der Waals surface area contributed by atoms with Crippen molar-refractivity contribution in [1.29, 1.82) is 0 Å². The second-order valence-electron chi connectivity index (χ2n) is 3.19. The van der Waals surface area contributed by atoms with E-state index < -0.39 is 5.91 Å². The zero-order chi connectivity index (χ0) is 11.7. The van der Waals surface area contributed by atoms with Crippen LogP contribution in [0.3, 0.4) is 0 Å². The Kier molecular flexibility index (Phi) is 2.98. The third-order valence-electron chi connectivity index (χ3n) is 2.00. The number of aromatic nitrogens is 2. The number of amides is 1. The highest BCUT2D eigenvalue weighted by Crippen LogP contribution is 2.26. The summed E-state index contributed by atoms with van der Waals surface area (Å²) in [4.78, 5) is 10.9. The number of halogens is 2. The van der Waals surface area contributed by atoms with E-state index in [9.17, 15) is 4.79 Å². The molecule has 3 N–H and O–H groups in total. The summed E-state index contributed by atoms with van der Waals surface area (Å²) in [5, 5.41) is 7.14. The molecule has 0 unspecified atom stereocenters. The maximum atomic E-state index is 10.9. The molecule has 1 heterocycles. The Balaban J connectivity index is 2.46. The molecule has 2 aromatic rings. The molecule has 0 spiro atoms. The molecular weight excluding hydrogens is 293 g/mol. The molecule has 0 fully saturated rings. The van der Waals surface area contributed by atoms with E-state index >= 15 is 0 Å². The van der Waals surface area contributed by atoms with Crippen molar-refractivity contribution in [1.82, 2.24) is 10.2 Å². The first-order valence-corrected chi connectivity index (χ1v) is 5.55. The first kappa shape index (κ1) is 11.2. The van der Waals surface area contributed by atoms with E-state index in [1.54, 1.807) is 18.2 Å². The first-order valence-electron chi connectivity index (χ1n) is 4.38. The zero-order valence-corrected chi connectivity index (χ0v) is 10.3. The number of carbonyl (C=O) groups excluding carboxylic acids is 1. The van der Waals surface area contributed by atoms with Crippen molar-refractivity contribution in [2.75, 3.05) is 0 Å². The molecule has 1 aromatic heterocycles. The number of carbonyl (C=O) groups is 1. The molecule has 0 atom stereocenters. The maximum absolute atomic E-state index is 10.9. The number of primary amides is 1. The fourth-order valence-electron chi connectivity index (χ4n) is 1.30. The second kappa shape index (κ2) is 4.27. The summed E-state index contributed by atoms with van der Waals surface area (Å²) in [7, 11) is 0. The monoisotopic (exact) mass is 299 g/mol. The van der Waals surface area contributed by atoms with Gasteiger partial charge in [0.25, 0.3) is 5.91 Å². The van der Waals surface area contributed by atoms with E-state index in [0.29, 0.717) is 10.7 Å². The van der Waals surface area contributed by atoms with Crippen molar-refractivity contribution in [3.8, 4) is 11.3 Å².